The minimum Gasteiger partial charge on any atom is -0.326 e. The number of rotatable bonds is 1. The van der Waals surface area contributed by atoms with Crippen LogP contribution in [0.1, 0.15) is 23.2 Å². The largest absolute Gasteiger partial charge is 0.326 e. The molecule has 1 aromatic carbocycles. The first kappa shape index (κ1) is 12.8. The average Bonchev–Trinajstić information content (AvgIpc) is 2.79. The summed E-state index contributed by atoms with van der Waals surface area (Å²) in [6, 6.07) is 8.71. The molecule has 108 valence electrons. The fourth-order valence-electron chi connectivity index (χ4n) is 3.44. The number of fused-ring (bicyclic) bond motifs is 2. The van der Waals surface area contributed by atoms with E-state index in [4.69, 9.17) is 0 Å². The number of hydrogen-bond acceptors (Lipinski definition) is 4. The summed E-state index contributed by atoms with van der Waals surface area (Å²) < 4.78 is 0. The van der Waals surface area contributed by atoms with Crippen LogP contribution < -0.4 is 10.2 Å². The summed E-state index contributed by atoms with van der Waals surface area (Å²) in [5.41, 5.74) is 5.30. The second kappa shape index (κ2) is 5.45. The molecule has 2 aliphatic rings. The lowest BCUT2D eigenvalue weighted by Gasteiger charge is -2.32. The predicted octanol–water partition coefficient (Wildman–Crippen LogP) is 2.25. The fourth-order valence-corrected chi connectivity index (χ4v) is 3.44. The van der Waals surface area contributed by atoms with E-state index in [-0.39, 0.29) is 0 Å². The highest BCUT2D eigenvalue weighted by Gasteiger charge is 2.23. The Labute approximate surface area is 125 Å². The Hall–Kier alpha value is -1.94. The van der Waals surface area contributed by atoms with Crippen molar-refractivity contribution < 1.29 is 0 Å². The van der Waals surface area contributed by atoms with Gasteiger partial charge in [0.05, 0.1) is 5.69 Å². The average molecular weight is 280 g/mol. The summed E-state index contributed by atoms with van der Waals surface area (Å²) in [5.74, 6) is 1.12. The van der Waals surface area contributed by atoms with Crippen molar-refractivity contribution in [1.82, 2.24) is 15.3 Å². The molecule has 0 fully saturated rings. The molecule has 4 rings (SSSR count). The van der Waals surface area contributed by atoms with E-state index in [2.05, 4.69) is 44.5 Å². The van der Waals surface area contributed by atoms with Gasteiger partial charge >= 0.3 is 0 Å². The summed E-state index contributed by atoms with van der Waals surface area (Å²) >= 11 is 0. The quantitative estimate of drug-likeness (QED) is 0.870. The van der Waals surface area contributed by atoms with Crippen LogP contribution >= 0.6 is 0 Å². The van der Waals surface area contributed by atoms with Crippen molar-refractivity contribution in [3.8, 4) is 0 Å². The standard InChI is InChI=1S/C17H20N4/c1-2-6-16-13(4-1)5-3-11-21(16)17-14-7-9-18-10-8-15(14)19-12-20-17/h1-2,4,6,12,18H,3,5,7-11H2. The maximum absolute atomic E-state index is 4.64. The molecule has 4 heteroatoms. The van der Waals surface area contributed by atoms with Gasteiger partial charge in [-0.3, -0.25) is 0 Å². The molecule has 1 N–H and O–H groups in total. The van der Waals surface area contributed by atoms with Crippen LogP contribution in [0.2, 0.25) is 0 Å². The van der Waals surface area contributed by atoms with Gasteiger partial charge in [-0.05, 0) is 37.4 Å². The van der Waals surface area contributed by atoms with Crippen LogP contribution in [-0.4, -0.2) is 29.6 Å². The molecule has 0 saturated heterocycles. The molecule has 3 heterocycles. The van der Waals surface area contributed by atoms with Crippen molar-refractivity contribution in [3.05, 3.63) is 47.4 Å². The summed E-state index contributed by atoms with van der Waals surface area (Å²) in [4.78, 5) is 11.5. The van der Waals surface area contributed by atoms with Gasteiger partial charge in [-0.2, -0.15) is 0 Å². The van der Waals surface area contributed by atoms with Gasteiger partial charge in [0.15, 0.2) is 0 Å². The zero-order valence-electron chi connectivity index (χ0n) is 12.2. The van der Waals surface area contributed by atoms with Crippen molar-refractivity contribution in [2.45, 2.75) is 25.7 Å². The zero-order valence-corrected chi connectivity index (χ0v) is 12.2. The smallest absolute Gasteiger partial charge is 0.139 e. The molecular weight excluding hydrogens is 260 g/mol. The van der Waals surface area contributed by atoms with Crippen molar-refractivity contribution in [2.24, 2.45) is 0 Å². The first-order valence-corrected chi connectivity index (χ1v) is 7.82. The summed E-state index contributed by atoms with van der Waals surface area (Å²) in [5, 5.41) is 3.46. The third-order valence-electron chi connectivity index (χ3n) is 4.47. The van der Waals surface area contributed by atoms with Crippen LogP contribution in [0.15, 0.2) is 30.6 Å². The number of aryl methyl sites for hydroxylation is 1. The van der Waals surface area contributed by atoms with Gasteiger partial charge in [-0.25, -0.2) is 9.97 Å². The lowest BCUT2D eigenvalue weighted by molar-refractivity contribution is 0.707. The van der Waals surface area contributed by atoms with E-state index < -0.39 is 0 Å². The highest BCUT2D eigenvalue weighted by molar-refractivity contribution is 5.68. The number of nitrogens with zero attached hydrogens (tertiary/aromatic N) is 3. The fraction of sp³-hybridized carbons (Fsp3) is 0.412. The van der Waals surface area contributed by atoms with Crippen LogP contribution in [0.3, 0.4) is 0 Å². The summed E-state index contributed by atoms with van der Waals surface area (Å²) in [6.07, 6.45) is 6.11. The van der Waals surface area contributed by atoms with Crippen molar-refractivity contribution in [3.63, 3.8) is 0 Å². The Kier molecular flexibility index (Phi) is 3.31. The minimum atomic E-state index is 1.00. The maximum Gasteiger partial charge on any atom is 0.139 e. The van der Waals surface area contributed by atoms with E-state index in [1.54, 1.807) is 6.33 Å². The van der Waals surface area contributed by atoms with E-state index >= 15 is 0 Å². The molecule has 2 aromatic rings. The Morgan fingerprint density at radius 3 is 2.90 bits per heavy atom. The summed E-state index contributed by atoms with van der Waals surface area (Å²) in [7, 11) is 0. The van der Waals surface area contributed by atoms with E-state index in [1.165, 1.54) is 35.3 Å². The summed E-state index contributed by atoms with van der Waals surface area (Å²) in [6.45, 7) is 3.08. The van der Waals surface area contributed by atoms with Crippen LogP contribution in [0, 0.1) is 0 Å². The molecule has 4 nitrogen and oxygen atoms in total. The maximum atomic E-state index is 4.64. The number of para-hydroxylation sites is 1. The van der Waals surface area contributed by atoms with Crippen molar-refractivity contribution in [2.75, 3.05) is 24.5 Å². The molecule has 0 amide bonds. The van der Waals surface area contributed by atoms with Gasteiger partial charge in [0.1, 0.15) is 12.1 Å². The number of nitrogens with one attached hydrogen (secondary N) is 1. The van der Waals surface area contributed by atoms with Gasteiger partial charge in [0.25, 0.3) is 0 Å². The van der Waals surface area contributed by atoms with Crippen molar-refractivity contribution >= 4 is 11.5 Å². The van der Waals surface area contributed by atoms with Crippen LogP contribution in [0.5, 0.6) is 0 Å². The highest BCUT2D eigenvalue weighted by Crippen LogP contribution is 2.34. The molecule has 0 bridgehead atoms. The third-order valence-corrected chi connectivity index (χ3v) is 4.47. The lowest BCUT2D eigenvalue weighted by Crippen LogP contribution is -2.27. The second-order valence-electron chi connectivity index (χ2n) is 5.76. The Bertz CT molecular complexity index is 653. The monoisotopic (exact) mass is 280 g/mol. The van der Waals surface area contributed by atoms with E-state index in [0.717, 1.165) is 38.3 Å². The van der Waals surface area contributed by atoms with E-state index in [0.29, 0.717) is 0 Å². The van der Waals surface area contributed by atoms with Gasteiger partial charge in [0, 0.05) is 30.8 Å². The Balaban J connectivity index is 1.81. The lowest BCUT2D eigenvalue weighted by atomic mass is 10.0. The molecule has 0 unspecified atom stereocenters. The Morgan fingerprint density at radius 1 is 1.00 bits per heavy atom. The molecule has 0 atom stereocenters. The number of anilines is 2. The normalized spacial score (nSPS) is 17.8. The highest BCUT2D eigenvalue weighted by atomic mass is 15.2. The zero-order chi connectivity index (χ0) is 14.1. The second-order valence-corrected chi connectivity index (χ2v) is 5.76. The van der Waals surface area contributed by atoms with Gasteiger partial charge < -0.3 is 10.2 Å². The molecule has 0 radical (unpaired) electrons. The molecule has 0 aliphatic carbocycles. The number of benzene rings is 1. The SMILES string of the molecule is c1ccc2c(c1)CCCN2c1ncnc2c1CCNCC2. The van der Waals surface area contributed by atoms with Gasteiger partial charge in [0.2, 0.25) is 0 Å². The Morgan fingerprint density at radius 2 is 1.90 bits per heavy atom. The molecule has 1 aromatic heterocycles. The topological polar surface area (TPSA) is 41.1 Å². The van der Waals surface area contributed by atoms with Crippen LogP contribution in [0.25, 0.3) is 0 Å². The molecule has 21 heavy (non-hydrogen) atoms. The molecule has 0 saturated carbocycles. The first-order valence-electron chi connectivity index (χ1n) is 7.82. The van der Waals surface area contributed by atoms with Crippen LogP contribution in [0.4, 0.5) is 11.5 Å². The minimum absolute atomic E-state index is 1.00. The third kappa shape index (κ3) is 2.29. The van der Waals surface area contributed by atoms with E-state index in [9.17, 15) is 0 Å². The van der Waals surface area contributed by atoms with Gasteiger partial charge in [-0.1, -0.05) is 18.2 Å². The molecule has 2 aliphatic heterocycles. The molecule has 0 spiro atoms. The van der Waals surface area contributed by atoms with Gasteiger partial charge in [-0.15, -0.1) is 0 Å². The molecular formula is C17H20N4. The van der Waals surface area contributed by atoms with Crippen LogP contribution in [-0.2, 0) is 19.3 Å². The number of aromatic nitrogens is 2. The first-order chi connectivity index (χ1) is 10.4. The van der Waals surface area contributed by atoms with Crippen molar-refractivity contribution in [1.29, 1.82) is 0 Å². The predicted molar refractivity (Wildman–Crippen MR) is 84.1 cm³/mol. The number of hydrogen-bond donors (Lipinski definition) is 1. The van der Waals surface area contributed by atoms with E-state index in [1.807, 2.05) is 0 Å².